The second kappa shape index (κ2) is 9.35. The molecule has 1 aromatic carbocycles. The molecule has 7 nitrogen and oxygen atoms in total. The van der Waals surface area contributed by atoms with Crippen LogP contribution < -0.4 is 15.4 Å². The minimum absolute atomic E-state index is 0. The van der Waals surface area contributed by atoms with Crippen LogP contribution in [0.4, 0.5) is 0 Å². The van der Waals surface area contributed by atoms with Crippen LogP contribution in [0.5, 0.6) is 5.75 Å². The van der Waals surface area contributed by atoms with Gasteiger partial charge in [-0.1, -0.05) is 17.3 Å². The van der Waals surface area contributed by atoms with Gasteiger partial charge < -0.3 is 19.9 Å². The number of hydrogen-bond acceptors (Lipinski definition) is 6. The third kappa shape index (κ3) is 5.31. The molecule has 1 aliphatic heterocycles. The summed E-state index contributed by atoms with van der Waals surface area (Å²) < 4.78 is 10.7. The molecule has 0 radical (unpaired) electrons. The molecular weight excluding hydrogens is 358 g/mol. The van der Waals surface area contributed by atoms with E-state index in [1.807, 2.05) is 0 Å². The maximum atomic E-state index is 12.1. The number of ether oxygens (including phenoxy) is 1. The zero-order chi connectivity index (χ0) is 17.6. The number of nitrogens with one attached hydrogen (secondary N) is 2. The van der Waals surface area contributed by atoms with Gasteiger partial charge in [-0.15, -0.1) is 12.4 Å². The predicted octanol–water partition coefficient (Wildman–Crippen LogP) is 2.22. The Kier molecular flexibility index (Phi) is 7.17. The largest absolute Gasteiger partial charge is 0.486 e. The van der Waals surface area contributed by atoms with Gasteiger partial charge >= 0.3 is 0 Å². The van der Waals surface area contributed by atoms with Crippen molar-refractivity contribution >= 4 is 24.1 Å². The first-order valence-electron chi connectivity index (χ1n) is 8.30. The monoisotopic (exact) mass is 379 g/mol. The molecule has 1 saturated heterocycles. The molecule has 0 bridgehead atoms. The van der Waals surface area contributed by atoms with Crippen molar-refractivity contribution in [1.82, 2.24) is 15.8 Å². The van der Waals surface area contributed by atoms with Gasteiger partial charge in [0.15, 0.2) is 17.2 Å². The van der Waals surface area contributed by atoms with E-state index < -0.39 is 0 Å². The number of amides is 1. The first-order valence-corrected chi connectivity index (χ1v) is 8.30. The predicted molar refractivity (Wildman–Crippen MR) is 97.8 cm³/mol. The van der Waals surface area contributed by atoms with E-state index in [1.54, 1.807) is 30.3 Å². The molecule has 140 valence electrons. The average Bonchev–Trinajstić information content (AvgIpc) is 3.30. The van der Waals surface area contributed by atoms with Crippen LogP contribution in [0.2, 0.25) is 0 Å². The smallest absolute Gasteiger partial charge is 0.273 e. The molecule has 0 saturated carbocycles. The third-order valence-electron chi connectivity index (χ3n) is 4.13. The topological polar surface area (TPSA) is 93.5 Å². The molecule has 26 heavy (non-hydrogen) atoms. The Morgan fingerprint density at radius 3 is 2.96 bits per heavy atom. The van der Waals surface area contributed by atoms with Gasteiger partial charge in [0.25, 0.3) is 5.91 Å². The summed E-state index contributed by atoms with van der Waals surface area (Å²) in [5.74, 6) is 1.19. The SMILES string of the molecule is CC(=O)c1cccc(OCc2cc(C(=O)NCC3CCNC3)no2)c1.Cl. The van der Waals surface area contributed by atoms with E-state index in [9.17, 15) is 9.59 Å². The van der Waals surface area contributed by atoms with Gasteiger partial charge in [-0.3, -0.25) is 9.59 Å². The maximum absolute atomic E-state index is 12.1. The normalized spacial score (nSPS) is 16.0. The van der Waals surface area contributed by atoms with Crippen LogP contribution >= 0.6 is 12.4 Å². The molecule has 0 spiro atoms. The van der Waals surface area contributed by atoms with Gasteiger partial charge in [-0.2, -0.15) is 0 Å². The molecule has 1 atom stereocenters. The molecule has 3 rings (SSSR count). The number of nitrogens with zero attached hydrogens (tertiary/aromatic N) is 1. The minimum Gasteiger partial charge on any atom is -0.486 e. The van der Waals surface area contributed by atoms with Gasteiger partial charge in [0.2, 0.25) is 0 Å². The first-order chi connectivity index (χ1) is 12.1. The van der Waals surface area contributed by atoms with Crippen LogP contribution in [-0.2, 0) is 6.61 Å². The number of ketones is 1. The molecule has 1 aromatic heterocycles. The highest BCUT2D eigenvalue weighted by Gasteiger charge is 2.18. The number of benzene rings is 1. The molecule has 0 aliphatic carbocycles. The standard InChI is InChI=1S/C18H21N3O4.ClH/c1-12(22)14-3-2-4-15(7-14)24-11-16-8-17(21-25-16)18(23)20-10-13-5-6-19-9-13;/h2-4,7-8,13,19H,5-6,9-11H2,1H3,(H,20,23);1H. The number of aromatic nitrogens is 1. The first kappa shape index (κ1) is 19.9. The summed E-state index contributed by atoms with van der Waals surface area (Å²) >= 11 is 0. The van der Waals surface area contributed by atoms with Crippen molar-refractivity contribution in [3.8, 4) is 5.75 Å². The van der Waals surface area contributed by atoms with Crippen LogP contribution in [0.25, 0.3) is 0 Å². The molecule has 1 amide bonds. The van der Waals surface area contributed by atoms with E-state index in [0.29, 0.717) is 29.5 Å². The number of carbonyl (C=O) groups excluding carboxylic acids is 2. The number of carbonyl (C=O) groups is 2. The molecule has 1 fully saturated rings. The van der Waals surface area contributed by atoms with Crippen molar-refractivity contribution in [2.24, 2.45) is 5.92 Å². The van der Waals surface area contributed by atoms with Crippen LogP contribution in [0.1, 0.15) is 40.0 Å². The summed E-state index contributed by atoms with van der Waals surface area (Å²) in [6, 6.07) is 8.47. The fraction of sp³-hybridized carbons (Fsp3) is 0.389. The lowest BCUT2D eigenvalue weighted by molar-refractivity contribution is 0.0938. The molecule has 2 heterocycles. The van der Waals surface area contributed by atoms with Crippen molar-refractivity contribution in [3.63, 3.8) is 0 Å². The van der Waals surface area contributed by atoms with Crippen molar-refractivity contribution in [1.29, 1.82) is 0 Å². The minimum atomic E-state index is -0.250. The molecule has 8 heteroatoms. The van der Waals surface area contributed by atoms with Gasteiger partial charge in [0, 0.05) is 18.2 Å². The number of rotatable bonds is 7. The van der Waals surface area contributed by atoms with E-state index in [0.717, 1.165) is 19.5 Å². The summed E-state index contributed by atoms with van der Waals surface area (Å²) in [7, 11) is 0. The van der Waals surface area contributed by atoms with Gasteiger partial charge in [-0.05, 0) is 44.5 Å². The lowest BCUT2D eigenvalue weighted by atomic mass is 10.1. The lowest BCUT2D eigenvalue weighted by Gasteiger charge is -2.08. The number of hydrogen-bond donors (Lipinski definition) is 2. The van der Waals surface area contributed by atoms with Crippen molar-refractivity contribution in [2.75, 3.05) is 19.6 Å². The van der Waals surface area contributed by atoms with E-state index in [2.05, 4.69) is 15.8 Å². The van der Waals surface area contributed by atoms with E-state index >= 15 is 0 Å². The molecule has 2 aromatic rings. The van der Waals surface area contributed by atoms with E-state index in [4.69, 9.17) is 9.26 Å². The lowest BCUT2D eigenvalue weighted by Crippen LogP contribution is -2.30. The van der Waals surface area contributed by atoms with Crippen LogP contribution in [0, 0.1) is 5.92 Å². The maximum Gasteiger partial charge on any atom is 0.273 e. The van der Waals surface area contributed by atoms with Crippen molar-refractivity contribution < 1.29 is 18.8 Å². The Bertz CT molecular complexity index is 756. The highest BCUT2D eigenvalue weighted by atomic mass is 35.5. The van der Waals surface area contributed by atoms with Crippen molar-refractivity contribution in [2.45, 2.75) is 20.0 Å². The zero-order valence-electron chi connectivity index (χ0n) is 14.5. The Labute approximate surface area is 157 Å². The molecule has 2 N–H and O–H groups in total. The van der Waals surface area contributed by atoms with E-state index in [-0.39, 0.29) is 36.4 Å². The van der Waals surface area contributed by atoms with Crippen LogP contribution in [0.3, 0.4) is 0 Å². The molecule has 1 unspecified atom stereocenters. The second-order valence-electron chi connectivity index (χ2n) is 6.12. The zero-order valence-corrected chi connectivity index (χ0v) is 15.3. The second-order valence-corrected chi connectivity index (χ2v) is 6.12. The van der Waals surface area contributed by atoms with Gasteiger partial charge in [0.1, 0.15) is 12.4 Å². The van der Waals surface area contributed by atoms with Gasteiger partial charge in [-0.25, -0.2) is 0 Å². The fourth-order valence-corrected chi connectivity index (χ4v) is 2.66. The number of halogens is 1. The highest BCUT2D eigenvalue weighted by Crippen LogP contribution is 2.16. The number of Topliss-reactive ketones (excluding diaryl/α,β-unsaturated/α-hetero) is 1. The fourth-order valence-electron chi connectivity index (χ4n) is 2.66. The van der Waals surface area contributed by atoms with E-state index in [1.165, 1.54) is 6.92 Å². The Morgan fingerprint density at radius 1 is 1.38 bits per heavy atom. The summed E-state index contributed by atoms with van der Waals surface area (Å²) in [5.41, 5.74) is 0.818. The average molecular weight is 380 g/mol. The van der Waals surface area contributed by atoms with Gasteiger partial charge in [0.05, 0.1) is 0 Å². The molecule has 1 aliphatic rings. The van der Waals surface area contributed by atoms with Crippen LogP contribution in [-0.4, -0.2) is 36.5 Å². The van der Waals surface area contributed by atoms with Crippen LogP contribution in [0.15, 0.2) is 34.9 Å². The summed E-state index contributed by atoms with van der Waals surface area (Å²) in [4.78, 5) is 23.5. The quantitative estimate of drug-likeness (QED) is 0.716. The van der Waals surface area contributed by atoms with Crippen molar-refractivity contribution in [3.05, 3.63) is 47.3 Å². The summed E-state index contributed by atoms with van der Waals surface area (Å²) in [6.07, 6.45) is 1.07. The third-order valence-corrected chi connectivity index (χ3v) is 4.13. The molecular formula is C18H22ClN3O4. The Hall–Kier alpha value is -2.38. The summed E-state index contributed by atoms with van der Waals surface area (Å²) in [6.45, 7) is 4.19. The Morgan fingerprint density at radius 2 is 2.23 bits per heavy atom. The Balaban J connectivity index is 0.00000243. The summed E-state index contributed by atoms with van der Waals surface area (Å²) in [5, 5.41) is 9.91. The highest BCUT2D eigenvalue weighted by molar-refractivity contribution is 5.94.